The molecule has 1 aromatic heterocycles. The van der Waals surface area contributed by atoms with Crippen LogP contribution in [0.15, 0.2) is 6.20 Å². The van der Waals surface area contributed by atoms with Crippen molar-refractivity contribution in [2.24, 2.45) is 0 Å². The Morgan fingerprint density at radius 1 is 1.39 bits per heavy atom. The average Bonchev–Trinajstić information content (AvgIpc) is 3.00. The fourth-order valence-electron chi connectivity index (χ4n) is 3.02. The molecule has 28 heavy (non-hydrogen) atoms. The van der Waals surface area contributed by atoms with Crippen molar-refractivity contribution in [2.75, 3.05) is 26.8 Å². The zero-order valence-corrected chi connectivity index (χ0v) is 16.8. The summed E-state index contributed by atoms with van der Waals surface area (Å²) in [4.78, 5) is 13.5. The highest BCUT2D eigenvalue weighted by Crippen LogP contribution is 2.32. The summed E-state index contributed by atoms with van der Waals surface area (Å²) in [6.45, 7) is 9.66. The van der Waals surface area contributed by atoms with E-state index in [4.69, 9.17) is 14.6 Å². The molecule has 2 rings (SSSR count). The Morgan fingerprint density at radius 2 is 2.00 bits per heavy atom. The van der Waals surface area contributed by atoms with Gasteiger partial charge in [-0.3, -0.25) is 0 Å². The summed E-state index contributed by atoms with van der Waals surface area (Å²) in [6.07, 6.45) is -0.488. The van der Waals surface area contributed by atoms with E-state index in [2.05, 4.69) is 35.6 Å². The maximum absolute atomic E-state index is 11.0. The second-order valence-corrected chi connectivity index (χ2v) is 7.83. The Balaban J connectivity index is 0.000000480. The van der Waals surface area contributed by atoms with Crippen molar-refractivity contribution in [3.63, 3.8) is 0 Å². The van der Waals surface area contributed by atoms with Gasteiger partial charge >= 0.3 is 12.1 Å². The number of nitrogens with one attached hydrogen (secondary N) is 1. The molecule has 1 aliphatic rings. The summed E-state index contributed by atoms with van der Waals surface area (Å²) >= 11 is 0. The Kier molecular flexibility index (Phi) is 8.45. The maximum Gasteiger partial charge on any atom is 0.490 e. The van der Waals surface area contributed by atoms with Crippen molar-refractivity contribution in [1.29, 1.82) is 0 Å². The molecule has 1 unspecified atom stereocenters. The molecule has 0 spiro atoms. The fourth-order valence-corrected chi connectivity index (χ4v) is 3.02. The summed E-state index contributed by atoms with van der Waals surface area (Å²) in [5, 5.41) is 21.4. The molecule has 1 atom stereocenters. The lowest BCUT2D eigenvalue weighted by atomic mass is 9.91. The van der Waals surface area contributed by atoms with Gasteiger partial charge in [-0.25, -0.2) is 9.78 Å². The average molecular weight is 409 g/mol. The number of carbonyl (C=O) groups is 1. The molecule has 0 aromatic carbocycles. The monoisotopic (exact) mass is 409 g/mol. The molecule has 0 saturated carbocycles. The van der Waals surface area contributed by atoms with Gasteiger partial charge in [0, 0.05) is 44.1 Å². The first-order chi connectivity index (χ1) is 12.8. The highest BCUT2D eigenvalue weighted by molar-refractivity contribution is 5.73. The molecule has 7 nitrogen and oxygen atoms in total. The first kappa shape index (κ1) is 24.4. The van der Waals surface area contributed by atoms with Crippen molar-refractivity contribution in [2.45, 2.75) is 63.8 Å². The molecule has 1 saturated heterocycles. The van der Waals surface area contributed by atoms with Gasteiger partial charge in [-0.2, -0.15) is 13.2 Å². The number of hydrogen-bond acceptors (Lipinski definition) is 5. The van der Waals surface area contributed by atoms with Gasteiger partial charge in [0.05, 0.1) is 0 Å². The first-order valence-corrected chi connectivity index (χ1v) is 9.11. The van der Waals surface area contributed by atoms with Crippen LogP contribution in [0.25, 0.3) is 0 Å². The third-order valence-corrected chi connectivity index (χ3v) is 4.37. The van der Waals surface area contributed by atoms with Crippen LogP contribution in [-0.2, 0) is 27.1 Å². The van der Waals surface area contributed by atoms with E-state index in [1.165, 1.54) is 5.69 Å². The van der Waals surface area contributed by atoms with Gasteiger partial charge in [0.25, 0.3) is 0 Å². The summed E-state index contributed by atoms with van der Waals surface area (Å²) in [7, 11) is 1.72. The number of carboxylic acid groups (broad SMARTS) is 1. The molecular formula is C18H30F3N3O4. The molecule has 1 aromatic rings. The lowest BCUT2D eigenvalue weighted by molar-refractivity contribution is -0.192. The van der Waals surface area contributed by atoms with E-state index < -0.39 is 17.7 Å². The van der Waals surface area contributed by atoms with E-state index in [0.717, 1.165) is 44.8 Å². The minimum Gasteiger partial charge on any atom is -0.475 e. The zero-order chi connectivity index (χ0) is 21.6. The molecule has 0 bridgehead atoms. The lowest BCUT2D eigenvalue weighted by Crippen LogP contribution is -2.45. The number of hydrogen-bond donors (Lipinski definition) is 3. The SMILES string of the molecule is COCCCn1c(C(C)(C)C)cnc1C1(O)CCCNC1.O=C(O)C(F)(F)F. The molecule has 162 valence electrons. The third-order valence-electron chi connectivity index (χ3n) is 4.37. The second kappa shape index (κ2) is 9.71. The normalized spacial score (nSPS) is 20.4. The van der Waals surface area contributed by atoms with Crippen LogP contribution in [0.1, 0.15) is 51.6 Å². The molecule has 1 aliphatic heterocycles. The summed E-state index contributed by atoms with van der Waals surface area (Å²) in [6, 6.07) is 0. The van der Waals surface area contributed by atoms with Crippen molar-refractivity contribution in [3.8, 4) is 0 Å². The molecule has 0 aliphatic carbocycles. The standard InChI is InChI=1S/C16H29N3O2.C2HF3O2/c1-15(2,3)13-11-18-14(19(13)9-6-10-21-4)16(20)7-5-8-17-12-16;3-2(4,5)1(6)7/h11,17,20H,5-10,12H2,1-4H3;(H,6,7). The van der Waals surface area contributed by atoms with E-state index in [1.54, 1.807) is 7.11 Å². The number of halogens is 3. The van der Waals surface area contributed by atoms with Crippen LogP contribution in [0.5, 0.6) is 0 Å². The minimum atomic E-state index is -5.08. The van der Waals surface area contributed by atoms with Crippen LogP contribution in [-0.4, -0.2) is 58.7 Å². The molecule has 1 fully saturated rings. The van der Waals surface area contributed by atoms with Crippen molar-refractivity contribution < 1.29 is 32.9 Å². The van der Waals surface area contributed by atoms with Crippen molar-refractivity contribution in [1.82, 2.24) is 14.9 Å². The first-order valence-electron chi connectivity index (χ1n) is 9.11. The van der Waals surface area contributed by atoms with Crippen LogP contribution in [0.4, 0.5) is 13.2 Å². The van der Waals surface area contributed by atoms with E-state index in [-0.39, 0.29) is 5.41 Å². The van der Waals surface area contributed by atoms with Crippen molar-refractivity contribution >= 4 is 5.97 Å². The Morgan fingerprint density at radius 3 is 2.43 bits per heavy atom. The van der Waals surface area contributed by atoms with Crippen LogP contribution in [0.2, 0.25) is 0 Å². The van der Waals surface area contributed by atoms with E-state index >= 15 is 0 Å². The Labute approximate surface area is 162 Å². The number of alkyl halides is 3. The number of rotatable bonds is 5. The topological polar surface area (TPSA) is 96.6 Å². The number of β-amino-alcohol motifs (C(OH)–C–C–N with tert-alkyl or cyclic N) is 1. The highest BCUT2D eigenvalue weighted by Gasteiger charge is 2.38. The number of aromatic nitrogens is 2. The van der Waals surface area contributed by atoms with Crippen LogP contribution >= 0.6 is 0 Å². The molecule has 10 heteroatoms. The summed E-state index contributed by atoms with van der Waals surface area (Å²) in [5.41, 5.74) is 0.332. The number of carboxylic acids is 1. The predicted octanol–water partition coefficient (Wildman–Crippen LogP) is 2.42. The minimum absolute atomic E-state index is 0.0107. The number of methoxy groups -OCH3 is 1. The molecule has 0 amide bonds. The summed E-state index contributed by atoms with van der Waals surface area (Å²) < 4.78 is 39.1. The second-order valence-electron chi connectivity index (χ2n) is 7.83. The molecule has 2 heterocycles. The number of aliphatic hydroxyl groups is 1. The summed E-state index contributed by atoms with van der Waals surface area (Å²) in [5.74, 6) is -1.96. The van der Waals surface area contributed by atoms with Gasteiger partial charge < -0.3 is 24.8 Å². The number of aliphatic carboxylic acids is 1. The van der Waals surface area contributed by atoms with E-state index in [9.17, 15) is 18.3 Å². The molecular weight excluding hydrogens is 379 g/mol. The largest absolute Gasteiger partial charge is 0.490 e. The van der Waals surface area contributed by atoms with Gasteiger partial charge in [0.2, 0.25) is 0 Å². The quantitative estimate of drug-likeness (QED) is 0.647. The van der Waals surface area contributed by atoms with E-state index in [1.807, 2.05) is 6.20 Å². The Bertz CT molecular complexity index is 633. The Hall–Kier alpha value is -1.65. The smallest absolute Gasteiger partial charge is 0.475 e. The number of imidazole rings is 1. The third kappa shape index (κ3) is 6.75. The van der Waals surface area contributed by atoms with Crippen LogP contribution in [0.3, 0.4) is 0 Å². The van der Waals surface area contributed by atoms with E-state index in [0.29, 0.717) is 6.54 Å². The lowest BCUT2D eigenvalue weighted by Gasteiger charge is -2.33. The molecule has 0 radical (unpaired) electrons. The zero-order valence-electron chi connectivity index (χ0n) is 16.8. The van der Waals surface area contributed by atoms with Crippen LogP contribution < -0.4 is 5.32 Å². The fraction of sp³-hybridized carbons (Fsp3) is 0.778. The number of nitrogens with zero attached hydrogens (tertiary/aromatic N) is 2. The van der Waals surface area contributed by atoms with Gasteiger partial charge in [-0.05, 0) is 25.8 Å². The highest BCUT2D eigenvalue weighted by atomic mass is 19.4. The van der Waals surface area contributed by atoms with Gasteiger partial charge in [-0.15, -0.1) is 0 Å². The van der Waals surface area contributed by atoms with Gasteiger partial charge in [-0.1, -0.05) is 20.8 Å². The number of piperidine rings is 1. The van der Waals surface area contributed by atoms with Crippen molar-refractivity contribution in [3.05, 3.63) is 17.7 Å². The molecule has 3 N–H and O–H groups in total. The predicted molar refractivity (Wildman–Crippen MR) is 97.1 cm³/mol. The van der Waals surface area contributed by atoms with Gasteiger partial charge in [0.1, 0.15) is 11.4 Å². The van der Waals surface area contributed by atoms with Gasteiger partial charge in [0.15, 0.2) is 0 Å². The van der Waals surface area contributed by atoms with Crippen LogP contribution in [0, 0.1) is 0 Å². The maximum atomic E-state index is 11.0. The number of ether oxygens (including phenoxy) is 1.